The fourth-order valence-electron chi connectivity index (χ4n) is 1.91. The first-order valence-corrected chi connectivity index (χ1v) is 6.55. The van der Waals surface area contributed by atoms with Crippen LogP contribution in [-0.2, 0) is 6.42 Å². The molecule has 0 amide bonds. The van der Waals surface area contributed by atoms with E-state index in [1.54, 1.807) is 6.07 Å². The number of hydrogen-bond donors (Lipinski definition) is 5. The molecule has 1 rings (SSSR count). The Balaban J connectivity index is 2.93. The lowest BCUT2D eigenvalue weighted by molar-refractivity contribution is -0.0735. The van der Waals surface area contributed by atoms with Crippen molar-refractivity contribution in [2.24, 2.45) is 0 Å². The predicted molar refractivity (Wildman–Crippen MR) is 76.3 cm³/mol. The molecule has 1 aromatic carbocycles. The average molecular weight is 282 g/mol. The minimum atomic E-state index is -1.65. The molecule has 0 spiro atoms. The number of aliphatic hydroxyl groups excluding tert-OH is 5. The van der Waals surface area contributed by atoms with Crippen LogP contribution in [0.25, 0.3) is 6.08 Å². The van der Waals surface area contributed by atoms with Gasteiger partial charge in [-0.05, 0) is 36.1 Å². The van der Waals surface area contributed by atoms with E-state index >= 15 is 0 Å². The highest BCUT2D eigenvalue weighted by molar-refractivity contribution is 5.54. The summed E-state index contributed by atoms with van der Waals surface area (Å²) in [6, 6.07) is 5.57. The maximum absolute atomic E-state index is 9.78. The molecule has 0 heterocycles. The van der Waals surface area contributed by atoms with Gasteiger partial charge in [-0.3, -0.25) is 0 Å². The lowest BCUT2D eigenvalue weighted by Gasteiger charge is -2.21. The number of aliphatic hydroxyl groups is 5. The zero-order valence-corrected chi connectivity index (χ0v) is 11.7. The summed E-state index contributed by atoms with van der Waals surface area (Å²) in [5.41, 5.74) is 2.95. The van der Waals surface area contributed by atoms with Gasteiger partial charge in [-0.15, -0.1) is 0 Å². The van der Waals surface area contributed by atoms with Gasteiger partial charge >= 0.3 is 0 Å². The van der Waals surface area contributed by atoms with Gasteiger partial charge in [-0.1, -0.05) is 25.1 Å². The monoisotopic (exact) mass is 282 g/mol. The number of rotatable bonds is 6. The van der Waals surface area contributed by atoms with Crippen LogP contribution in [0.5, 0.6) is 0 Å². The Morgan fingerprint density at radius 2 is 1.90 bits per heavy atom. The molecular weight excluding hydrogens is 260 g/mol. The summed E-state index contributed by atoms with van der Waals surface area (Å²) < 4.78 is 0. The van der Waals surface area contributed by atoms with E-state index in [0.29, 0.717) is 5.56 Å². The molecule has 0 saturated carbocycles. The number of benzene rings is 1. The fourth-order valence-corrected chi connectivity index (χ4v) is 1.91. The Labute approximate surface area is 118 Å². The molecule has 20 heavy (non-hydrogen) atoms. The van der Waals surface area contributed by atoms with Crippen LogP contribution in [0.1, 0.15) is 23.6 Å². The van der Waals surface area contributed by atoms with Crippen molar-refractivity contribution >= 4 is 6.08 Å². The van der Waals surface area contributed by atoms with Crippen LogP contribution in [0.2, 0.25) is 0 Å². The summed E-state index contributed by atoms with van der Waals surface area (Å²) in [6.07, 6.45) is -2.63. The molecule has 5 N–H and O–H groups in total. The first-order chi connectivity index (χ1) is 9.40. The molecule has 0 bridgehead atoms. The van der Waals surface area contributed by atoms with Crippen molar-refractivity contribution in [1.82, 2.24) is 0 Å². The highest BCUT2D eigenvalue weighted by atomic mass is 16.4. The largest absolute Gasteiger partial charge is 0.509 e. The van der Waals surface area contributed by atoms with Gasteiger partial charge in [0.05, 0.1) is 6.61 Å². The third-order valence-corrected chi connectivity index (χ3v) is 3.28. The number of aryl methyl sites for hydroxylation is 2. The van der Waals surface area contributed by atoms with Gasteiger partial charge in [0.25, 0.3) is 0 Å². The van der Waals surface area contributed by atoms with Crippen LogP contribution in [-0.4, -0.2) is 50.5 Å². The molecule has 5 heteroatoms. The molecular formula is C15H22O5. The molecule has 0 radical (unpaired) electrons. The van der Waals surface area contributed by atoms with Crippen LogP contribution in [0.4, 0.5) is 0 Å². The van der Waals surface area contributed by atoms with Crippen molar-refractivity contribution in [3.8, 4) is 0 Å². The molecule has 0 fully saturated rings. The van der Waals surface area contributed by atoms with Crippen molar-refractivity contribution in [2.45, 2.75) is 38.6 Å². The molecule has 0 aliphatic heterocycles. The van der Waals surface area contributed by atoms with Crippen molar-refractivity contribution in [3.05, 3.63) is 40.6 Å². The van der Waals surface area contributed by atoms with Crippen molar-refractivity contribution < 1.29 is 25.5 Å². The highest BCUT2D eigenvalue weighted by Gasteiger charge is 2.27. The first kappa shape index (κ1) is 16.7. The maximum Gasteiger partial charge on any atom is 0.139 e. The van der Waals surface area contributed by atoms with E-state index in [-0.39, 0.29) is 0 Å². The lowest BCUT2D eigenvalue weighted by atomic mass is 10.0. The minimum absolute atomic E-state index is 0.462. The van der Waals surface area contributed by atoms with E-state index in [4.69, 9.17) is 5.11 Å². The van der Waals surface area contributed by atoms with Crippen LogP contribution in [0, 0.1) is 6.92 Å². The molecule has 3 atom stereocenters. The van der Waals surface area contributed by atoms with E-state index in [1.165, 1.54) is 6.08 Å². The topological polar surface area (TPSA) is 101 Å². The second-order valence-electron chi connectivity index (χ2n) is 4.79. The molecule has 0 aliphatic carbocycles. The van der Waals surface area contributed by atoms with Gasteiger partial charge in [-0.2, -0.15) is 0 Å². The predicted octanol–water partition coefficient (Wildman–Crippen LogP) is 0.531. The maximum atomic E-state index is 9.78. The Morgan fingerprint density at radius 1 is 1.25 bits per heavy atom. The summed E-state index contributed by atoms with van der Waals surface area (Å²) in [5.74, 6) is -0.462. The van der Waals surface area contributed by atoms with Crippen molar-refractivity contribution in [3.63, 3.8) is 0 Å². The van der Waals surface area contributed by atoms with Crippen LogP contribution in [0.15, 0.2) is 24.0 Å². The second kappa shape index (κ2) is 7.40. The Kier molecular flexibility index (Phi) is 6.16. The van der Waals surface area contributed by atoms with Gasteiger partial charge in [0.15, 0.2) is 0 Å². The molecule has 5 nitrogen and oxygen atoms in total. The van der Waals surface area contributed by atoms with Crippen LogP contribution >= 0.6 is 0 Å². The van der Waals surface area contributed by atoms with Crippen LogP contribution in [0.3, 0.4) is 0 Å². The van der Waals surface area contributed by atoms with E-state index in [1.807, 2.05) is 26.0 Å². The standard InChI is InChI=1S/C15H22O5/c1-3-11-6-10(5-4-9(11)2)7-12(17)14(19)15(20)13(18)8-16/h4-7,13-20H,3,8H2,1-2H3/t13-,14+,15+/m1/s1. The SMILES string of the molecule is CCc1cc(C=C(O)[C@H](O)[C@@H](O)[C@H](O)CO)ccc1C. The Hall–Kier alpha value is -1.40. The molecule has 0 saturated heterocycles. The smallest absolute Gasteiger partial charge is 0.139 e. The van der Waals surface area contributed by atoms with Crippen molar-refractivity contribution in [2.75, 3.05) is 6.61 Å². The van der Waals surface area contributed by atoms with Crippen molar-refractivity contribution in [1.29, 1.82) is 0 Å². The van der Waals surface area contributed by atoms with Gasteiger partial charge in [0, 0.05) is 0 Å². The summed E-state index contributed by atoms with van der Waals surface area (Å²) in [7, 11) is 0. The summed E-state index contributed by atoms with van der Waals surface area (Å²) in [4.78, 5) is 0. The Bertz CT molecular complexity index is 469. The zero-order valence-electron chi connectivity index (χ0n) is 11.7. The second-order valence-corrected chi connectivity index (χ2v) is 4.79. The summed E-state index contributed by atoms with van der Waals surface area (Å²) in [6.45, 7) is 3.31. The molecule has 1 aromatic rings. The lowest BCUT2D eigenvalue weighted by Crippen LogP contribution is -2.40. The summed E-state index contributed by atoms with van der Waals surface area (Å²) >= 11 is 0. The quantitative estimate of drug-likeness (QED) is 0.490. The molecule has 0 aromatic heterocycles. The normalized spacial score (nSPS) is 16.8. The fraction of sp³-hybridized carbons (Fsp3) is 0.467. The van der Waals surface area contributed by atoms with E-state index in [0.717, 1.165) is 17.5 Å². The minimum Gasteiger partial charge on any atom is -0.509 e. The average Bonchev–Trinajstić information content (AvgIpc) is 2.46. The number of hydrogen-bond acceptors (Lipinski definition) is 5. The molecule has 0 aliphatic rings. The van der Waals surface area contributed by atoms with Crippen LogP contribution < -0.4 is 0 Å². The molecule has 112 valence electrons. The zero-order chi connectivity index (χ0) is 15.3. The third kappa shape index (κ3) is 4.05. The van der Waals surface area contributed by atoms with Gasteiger partial charge in [0.2, 0.25) is 0 Å². The van der Waals surface area contributed by atoms with E-state index < -0.39 is 30.7 Å². The van der Waals surface area contributed by atoms with E-state index in [2.05, 4.69) is 0 Å². The highest BCUT2D eigenvalue weighted by Crippen LogP contribution is 2.16. The summed E-state index contributed by atoms with van der Waals surface area (Å²) in [5, 5.41) is 46.9. The third-order valence-electron chi connectivity index (χ3n) is 3.28. The Morgan fingerprint density at radius 3 is 2.45 bits per heavy atom. The first-order valence-electron chi connectivity index (χ1n) is 6.55. The molecule has 0 unspecified atom stereocenters. The van der Waals surface area contributed by atoms with Gasteiger partial charge in [-0.25, -0.2) is 0 Å². The van der Waals surface area contributed by atoms with Gasteiger partial charge < -0.3 is 25.5 Å². The van der Waals surface area contributed by atoms with Gasteiger partial charge in [0.1, 0.15) is 24.1 Å². The van der Waals surface area contributed by atoms with E-state index in [9.17, 15) is 20.4 Å².